The van der Waals surface area contributed by atoms with Gasteiger partial charge in [-0.15, -0.1) is 0 Å². The van der Waals surface area contributed by atoms with Crippen molar-refractivity contribution in [1.82, 2.24) is 10.2 Å². The van der Waals surface area contributed by atoms with Crippen LogP contribution in [0.4, 0.5) is 0 Å². The fourth-order valence-corrected chi connectivity index (χ4v) is 2.33. The number of ether oxygens (including phenoxy) is 1. The molecule has 82 valence electrons. The van der Waals surface area contributed by atoms with Crippen molar-refractivity contribution in [2.24, 2.45) is 5.92 Å². The Morgan fingerprint density at radius 3 is 2.86 bits per heavy atom. The van der Waals surface area contributed by atoms with Crippen LogP contribution >= 0.6 is 0 Å². The van der Waals surface area contributed by atoms with Gasteiger partial charge in [0.15, 0.2) is 0 Å². The van der Waals surface area contributed by atoms with Crippen LogP contribution in [0.25, 0.3) is 0 Å². The van der Waals surface area contributed by atoms with Crippen LogP contribution in [0.5, 0.6) is 0 Å². The molecule has 2 heterocycles. The standard InChI is InChI=1S/C11H22N2O/c1-2-11(10-14-9-1)3-6-13-7-4-12-5-8-13/h11-12H,1-10H2. The molecule has 0 aromatic heterocycles. The lowest BCUT2D eigenvalue weighted by molar-refractivity contribution is 0.0466. The van der Waals surface area contributed by atoms with Crippen LogP contribution in [0, 0.1) is 5.92 Å². The van der Waals surface area contributed by atoms with E-state index in [1.165, 1.54) is 52.0 Å². The molecule has 0 spiro atoms. The van der Waals surface area contributed by atoms with Crippen LogP contribution < -0.4 is 5.32 Å². The molecule has 14 heavy (non-hydrogen) atoms. The second kappa shape index (κ2) is 5.69. The zero-order valence-corrected chi connectivity index (χ0v) is 9.00. The van der Waals surface area contributed by atoms with Gasteiger partial charge in [0, 0.05) is 39.4 Å². The van der Waals surface area contributed by atoms with Crippen LogP contribution in [0.2, 0.25) is 0 Å². The van der Waals surface area contributed by atoms with Crippen molar-refractivity contribution in [3.8, 4) is 0 Å². The summed E-state index contributed by atoms with van der Waals surface area (Å²) in [5.41, 5.74) is 0. The van der Waals surface area contributed by atoms with Crippen molar-refractivity contribution in [3.05, 3.63) is 0 Å². The molecule has 1 N–H and O–H groups in total. The van der Waals surface area contributed by atoms with Gasteiger partial charge < -0.3 is 15.0 Å². The Morgan fingerprint density at radius 2 is 2.14 bits per heavy atom. The maximum Gasteiger partial charge on any atom is 0.0494 e. The molecule has 0 aromatic carbocycles. The fraction of sp³-hybridized carbons (Fsp3) is 1.00. The molecular weight excluding hydrogens is 176 g/mol. The summed E-state index contributed by atoms with van der Waals surface area (Å²) in [7, 11) is 0. The molecule has 2 saturated heterocycles. The quantitative estimate of drug-likeness (QED) is 0.723. The van der Waals surface area contributed by atoms with Gasteiger partial charge in [0.1, 0.15) is 0 Å². The third-order valence-corrected chi connectivity index (χ3v) is 3.32. The van der Waals surface area contributed by atoms with Crippen LogP contribution in [-0.4, -0.2) is 50.8 Å². The fourth-order valence-electron chi connectivity index (χ4n) is 2.33. The molecule has 1 atom stereocenters. The van der Waals surface area contributed by atoms with E-state index >= 15 is 0 Å². The van der Waals surface area contributed by atoms with Gasteiger partial charge in [-0.05, 0) is 31.7 Å². The number of piperazine rings is 1. The monoisotopic (exact) mass is 198 g/mol. The van der Waals surface area contributed by atoms with E-state index in [1.807, 2.05) is 0 Å². The maximum atomic E-state index is 5.49. The van der Waals surface area contributed by atoms with E-state index in [-0.39, 0.29) is 0 Å². The van der Waals surface area contributed by atoms with E-state index in [1.54, 1.807) is 0 Å². The number of nitrogens with zero attached hydrogens (tertiary/aromatic N) is 1. The summed E-state index contributed by atoms with van der Waals surface area (Å²) < 4.78 is 5.49. The summed E-state index contributed by atoms with van der Waals surface area (Å²) >= 11 is 0. The average Bonchev–Trinajstić information content (AvgIpc) is 2.29. The van der Waals surface area contributed by atoms with Gasteiger partial charge in [-0.25, -0.2) is 0 Å². The molecule has 0 saturated carbocycles. The Balaban J connectivity index is 1.60. The van der Waals surface area contributed by atoms with E-state index in [4.69, 9.17) is 4.74 Å². The number of rotatable bonds is 3. The van der Waals surface area contributed by atoms with Crippen molar-refractivity contribution >= 4 is 0 Å². The predicted molar refractivity (Wildman–Crippen MR) is 57.5 cm³/mol. The Hall–Kier alpha value is -0.120. The number of hydrogen-bond donors (Lipinski definition) is 1. The van der Waals surface area contributed by atoms with E-state index in [0.717, 1.165) is 19.1 Å². The minimum absolute atomic E-state index is 0.832. The van der Waals surface area contributed by atoms with Crippen LogP contribution in [-0.2, 0) is 4.74 Å². The smallest absolute Gasteiger partial charge is 0.0494 e. The summed E-state index contributed by atoms with van der Waals surface area (Å²) in [5.74, 6) is 0.832. The summed E-state index contributed by atoms with van der Waals surface area (Å²) in [5, 5.41) is 3.39. The van der Waals surface area contributed by atoms with Gasteiger partial charge in [0.05, 0.1) is 0 Å². The molecule has 2 aliphatic heterocycles. The summed E-state index contributed by atoms with van der Waals surface area (Å²) in [6, 6.07) is 0. The Kier molecular flexibility index (Phi) is 4.22. The lowest BCUT2D eigenvalue weighted by atomic mass is 9.98. The number of nitrogens with one attached hydrogen (secondary N) is 1. The van der Waals surface area contributed by atoms with Gasteiger partial charge >= 0.3 is 0 Å². The molecule has 0 radical (unpaired) electrons. The molecule has 1 unspecified atom stereocenters. The van der Waals surface area contributed by atoms with Crippen molar-refractivity contribution in [3.63, 3.8) is 0 Å². The molecule has 0 bridgehead atoms. The summed E-state index contributed by atoms with van der Waals surface area (Å²) in [6.07, 6.45) is 3.98. The van der Waals surface area contributed by atoms with Crippen molar-refractivity contribution in [2.75, 3.05) is 45.9 Å². The first-order valence-electron chi connectivity index (χ1n) is 5.96. The highest BCUT2D eigenvalue weighted by atomic mass is 16.5. The molecule has 0 aromatic rings. The first-order valence-corrected chi connectivity index (χ1v) is 5.96. The van der Waals surface area contributed by atoms with E-state index in [9.17, 15) is 0 Å². The molecular formula is C11H22N2O. The molecule has 3 heteroatoms. The highest BCUT2D eigenvalue weighted by Crippen LogP contribution is 2.17. The van der Waals surface area contributed by atoms with E-state index in [0.29, 0.717) is 0 Å². The first-order chi connectivity index (χ1) is 6.95. The summed E-state index contributed by atoms with van der Waals surface area (Å²) in [6.45, 7) is 8.06. The van der Waals surface area contributed by atoms with Crippen molar-refractivity contribution < 1.29 is 4.74 Å². The normalized spacial score (nSPS) is 30.4. The van der Waals surface area contributed by atoms with Gasteiger partial charge in [0.25, 0.3) is 0 Å². The number of hydrogen-bond acceptors (Lipinski definition) is 3. The molecule has 0 aliphatic carbocycles. The predicted octanol–water partition coefficient (Wildman–Crippen LogP) is 0.708. The zero-order valence-electron chi connectivity index (χ0n) is 9.00. The molecule has 2 aliphatic rings. The highest BCUT2D eigenvalue weighted by molar-refractivity contribution is 4.70. The van der Waals surface area contributed by atoms with Gasteiger partial charge in [-0.1, -0.05) is 0 Å². The minimum Gasteiger partial charge on any atom is -0.381 e. The highest BCUT2D eigenvalue weighted by Gasteiger charge is 2.16. The summed E-state index contributed by atoms with van der Waals surface area (Å²) in [4.78, 5) is 2.57. The molecule has 3 nitrogen and oxygen atoms in total. The Labute approximate surface area is 86.8 Å². The average molecular weight is 198 g/mol. The lowest BCUT2D eigenvalue weighted by Gasteiger charge is -2.29. The second-order valence-electron chi connectivity index (χ2n) is 4.46. The molecule has 2 rings (SSSR count). The van der Waals surface area contributed by atoms with Crippen LogP contribution in [0.3, 0.4) is 0 Å². The van der Waals surface area contributed by atoms with E-state index in [2.05, 4.69) is 10.2 Å². The third kappa shape index (κ3) is 3.23. The van der Waals surface area contributed by atoms with Crippen LogP contribution in [0.15, 0.2) is 0 Å². The zero-order chi connectivity index (χ0) is 9.64. The van der Waals surface area contributed by atoms with E-state index < -0.39 is 0 Å². The first kappa shape index (κ1) is 10.4. The maximum absolute atomic E-state index is 5.49. The van der Waals surface area contributed by atoms with Gasteiger partial charge in [0.2, 0.25) is 0 Å². The topological polar surface area (TPSA) is 24.5 Å². The largest absolute Gasteiger partial charge is 0.381 e. The molecule has 0 amide bonds. The van der Waals surface area contributed by atoms with Crippen LogP contribution in [0.1, 0.15) is 19.3 Å². The van der Waals surface area contributed by atoms with Crippen molar-refractivity contribution in [1.29, 1.82) is 0 Å². The van der Waals surface area contributed by atoms with Gasteiger partial charge in [-0.3, -0.25) is 0 Å². The Bertz CT molecular complexity index is 133. The minimum atomic E-state index is 0.832. The second-order valence-corrected chi connectivity index (χ2v) is 4.46. The van der Waals surface area contributed by atoms with Gasteiger partial charge in [-0.2, -0.15) is 0 Å². The Morgan fingerprint density at radius 1 is 1.29 bits per heavy atom. The molecule has 2 fully saturated rings. The SMILES string of the molecule is C1COCC(CCN2CCNCC2)C1. The third-order valence-electron chi connectivity index (χ3n) is 3.32. The lowest BCUT2D eigenvalue weighted by Crippen LogP contribution is -2.44. The van der Waals surface area contributed by atoms with Crippen molar-refractivity contribution in [2.45, 2.75) is 19.3 Å².